The molecule has 1 aliphatic rings. The lowest BCUT2D eigenvalue weighted by Gasteiger charge is -2.40. The Balaban J connectivity index is 2.21. The van der Waals surface area contributed by atoms with Crippen molar-refractivity contribution >= 4 is 15.9 Å². The van der Waals surface area contributed by atoms with Crippen LogP contribution in [0.3, 0.4) is 0 Å². The molecule has 0 bridgehead atoms. The van der Waals surface area contributed by atoms with Crippen molar-refractivity contribution in [3.05, 3.63) is 22.6 Å². The van der Waals surface area contributed by atoms with Gasteiger partial charge in [-0.1, -0.05) is 33.1 Å². The maximum absolute atomic E-state index is 5.73. The normalized spacial score (nSPS) is 20.8. The lowest BCUT2D eigenvalue weighted by molar-refractivity contribution is 0.128. The van der Waals surface area contributed by atoms with E-state index in [9.17, 15) is 0 Å². The fraction of sp³-hybridized carbons (Fsp3) is 0.733. The molecule has 1 fully saturated rings. The minimum absolute atomic E-state index is 0.327. The van der Waals surface area contributed by atoms with Gasteiger partial charge in [0.15, 0.2) is 0 Å². The van der Waals surface area contributed by atoms with Crippen LogP contribution in [0, 0.1) is 5.41 Å². The van der Waals surface area contributed by atoms with Crippen molar-refractivity contribution in [2.24, 2.45) is 5.41 Å². The van der Waals surface area contributed by atoms with E-state index in [-0.39, 0.29) is 0 Å². The molecule has 2 nitrogen and oxygen atoms in total. The van der Waals surface area contributed by atoms with Crippen LogP contribution < -0.4 is 5.32 Å². The van der Waals surface area contributed by atoms with Gasteiger partial charge in [0, 0.05) is 0 Å². The van der Waals surface area contributed by atoms with Crippen molar-refractivity contribution in [2.45, 2.75) is 58.4 Å². The molecular formula is C15H24BrNO. The van der Waals surface area contributed by atoms with Crippen molar-refractivity contribution in [3.8, 4) is 0 Å². The Kier molecular flexibility index (Phi) is 4.91. The number of rotatable bonds is 5. The van der Waals surface area contributed by atoms with Crippen LogP contribution in [0.25, 0.3) is 0 Å². The molecule has 1 unspecified atom stereocenters. The molecule has 0 spiro atoms. The van der Waals surface area contributed by atoms with Crippen LogP contribution in [0.4, 0.5) is 0 Å². The van der Waals surface area contributed by atoms with Gasteiger partial charge in [-0.25, -0.2) is 0 Å². The van der Waals surface area contributed by atoms with Gasteiger partial charge in [-0.3, -0.25) is 0 Å². The summed E-state index contributed by atoms with van der Waals surface area (Å²) < 4.78 is 6.83. The van der Waals surface area contributed by atoms with Crippen molar-refractivity contribution < 1.29 is 4.42 Å². The number of halogens is 1. The maximum Gasteiger partial charge on any atom is 0.135 e. The Morgan fingerprint density at radius 3 is 2.67 bits per heavy atom. The molecule has 0 aliphatic heterocycles. The van der Waals surface area contributed by atoms with Crippen LogP contribution in [0.1, 0.15) is 64.2 Å². The van der Waals surface area contributed by atoms with Crippen LogP contribution in [-0.4, -0.2) is 6.54 Å². The number of nitrogens with one attached hydrogen (secondary N) is 1. The zero-order valence-corrected chi connectivity index (χ0v) is 13.1. The highest BCUT2D eigenvalue weighted by Gasteiger charge is 2.38. The molecule has 18 heavy (non-hydrogen) atoms. The van der Waals surface area contributed by atoms with Gasteiger partial charge >= 0.3 is 0 Å². The third kappa shape index (κ3) is 3.00. The van der Waals surface area contributed by atoms with Gasteiger partial charge in [0.25, 0.3) is 0 Å². The Labute approximate surface area is 119 Å². The largest absolute Gasteiger partial charge is 0.466 e. The van der Waals surface area contributed by atoms with E-state index < -0.39 is 0 Å². The van der Waals surface area contributed by atoms with E-state index in [1.807, 2.05) is 6.07 Å². The zero-order valence-electron chi connectivity index (χ0n) is 11.5. The molecule has 1 aromatic heterocycles. The minimum atomic E-state index is 0.327. The van der Waals surface area contributed by atoms with Gasteiger partial charge in [0.05, 0.1) is 16.8 Å². The predicted octanol–water partition coefficient (Wildman–Crippen LogP) is 5.05. The summed E-state index contributed by atoms with van der Waals surface area (Å²) in [5.41, 5.74) is 0.327. The van der Waals surface area contributed by atoms with Gasteiger partial charge in [0.1, 0.15) is 5.76 Å². The first-order chi connectivity index (χ1) is 8.67. The van der Waals surface area contributed by atoms with Gasteiger partial charge in [-0.15, -0.1) is 0 Å². The topological polar surface area (TPSA) is 25.2 Å². The number of hydrogen-bond donors (Lipinski definition) is 1. The average molecular weight is 314 g/mol. The van der Waals surface area contributed by atoms with E-state index in [2.05, 4.69) is 35.1 Å². The van der Waals surface area contributed by atoms with Gasteiger partial charge in [0.2, 0.25) is 0 Å². The van der Waals surface area contributed by atoms with E-state index in [1.54, 1.807) is 6.26 Å². The highest BCUT2D eigenvalue weighted by atomic mass is 79.9. The molecule has 0 amide bonds. The molecule has 1 aromatic rings. The first-order valence-electron chi connectivity index (χ1n) is 7.13. The van der Waals surface area contributed by atoms with Crippen LogP contribution in [0.2, 0.25) is 0 Å². The molecule has 1 aliphatic carbocycles. The van der Waals surface area contributed by atoms with Gasteiger partial charge in [-0.2, -0.15) is 0 Å². The summed E-state index contributed by atoms with van der Waals surface area (Å²) in [7, 11) is 0. The third-order valence-corrected chi connectivity index (χ3v) is 4.85. The second kappa shape index (κ2) is 6.25. The van der Waals surface area contributed by atoms with E-state index >= 15 is 0 Å². The van der Waals surface area contributed by atoms with Crippen LogP contribution in [0.15, 0.2) is 21.2 Å². The van der Waals surface area contributed by atoms with Crippen molar-refractivity contribution in [2.75, 3.05) is 6.54 Å². The minimum Gasteiger partial charge on any atom is -0.466 e. The van der Waals surface area contributed by atoms with E-state index in [0.717, 1.165) is 23.2 Å². The SMILES string of the molecule is CCCNC(c1occc1Br)C1(C)CCCCC1. The Bertz CT molecular complexity index is 368. The first kappa shape index (κ1) is 14.1. The van der Waals surface area contributed by atoms with Crippen LogP contribution in [-0.2, 0) is 0 Å². The summed E-state index contributed by atoms with van der Waals surface area (Å²) in [4.78, 5) is 0. The molecule has 0 aromatic carbocycles. The van der Waals surface area contributed by atoms with E-state index in [4.69, 9.17) is 4.42 Å². The summed E-state index contributed by atoms with van der Waals surface area (Å²) in [5, 5.41) is 3.70. The molecule has 102 valence electrons. The summed E-state index contributed by atoms with van der Waals surface area (Å²) in [6.45, 7) is 5.67. The Hall–Kier alpha value is -0.280. The molecule has 0 saturated heterocycles. The Morgan fingerprint density at radius 1 is 1.39 bits per heavy atom. The lowest BCUT2D eigenvalue weighted by atomic mass is 9.70. The van der Waals surface area contributed by atoms with Crippen molar-refractivity contribution in [1.29, 1.82) is 0 Å². The number of furan rings is 1. The molecule has 1 saturated carbocycles. The third-order valence-electron chi connectivity index (χ3n) is 4.20. The fourth-order valence-electron chi connectivity index (χ4n) is 3.10. The second-order valence-electron chi connectivity index (χ2n) is 5.73. The summed E-state index contributed by atoms with van der Waals surface area (Å²) in [5.74, 6) is 1.08. The second-order valence-corrected chi connectivity index (χ2v) is 6.59. The Morgan fingerprint density at radius 2 is 2.11 bits per heavy atom. The molecule has 0 radical (unpaired) electrons. The molecule has 1 N–H and O–H groups in total. The standard InChI is InChI=1S/C15H24BrNO/c1-3-10-17-14(13-12(16)7-11-18-13)15(2)8-5-4-6-9-15/h7,11,14,17H,3-6,8-10H2,1-2H3. The molecule has 1 atom stereocenters. The molecule has 3 heteroatoms. The average Bonchev–Trinajstić information content (AvgIpc) is 2.77. The van der Waals surface area contributed by atoms with Gasteiger partial charge < -0.3 is 9.73 Å². The lowest BCUT2D eigenvalue weighted by Crippen LogP contribution is -2.38. The zero-order chi connectivity index (χ0) is 13.0. The summed E-state index contributed by atoms with van der Waals surface area (Å²) in [6.07, 6.45) is 9.61. The highest BCUT2D eigenvalue weighted by Crippen LogP contribution is 2.47. The summed E-state index contributed by atoms with van der Waals surface area (Å²) in [6, 6.07) is 2.34. The van der Waals surface area contributed by atoms with E-state index in [1.165, 1.54) is 32.1 Å². The first-order valence-corrected chi connectivity index (χ1v) is 7.93. The quantitative estimate of drug-likeness (QED) is 0.822. The van der Waals surface area contributed by atoms with Gasteiger partial charge in [-0.05, 0) is 53.2 Å². The molecular weight excluding hydrogens is 290 g/mol. The van der Waals surface area contributed by atoms with Crippen molar-refractivity contribution in [1.82, 2.24) is 5.32 Å². The highest BCUT2D eigenvalue weighted by molar-refractivity contribution is 9.10. The van der Waals surface area contributed by atoms with Crippen LogP contribution >= 0.6 is 15.9 Å². The maximum atomic E-state index is 5.73. The van der Waals surface area contributed by atoms with Crippen LogP contribution in [0.5, 0.6) is 0 Å². The monoisotopic (exact) mass is 313 g/mol. The van der Waals surface area contributed by atoms with Crippen molar-refractivity contribution in [3.63, 3.8) is 0 Å². The summed E-state index contributed by atoms with van der Waals surface area (Å²) >= 11 is 3.62. The molecule has 1 heterocycles. The number of hydrogen-bond acceptors (Lipinski definition) is 2. The predicted molar refractivity (Wildman–Crippen MR) is 78.6 cm³/mol. The molecule has 2 rings (SSSR count). The smallest absolute Gasteiger partial charge is 0.135 e. The van der Waals surface area contributed by atoms with E-state index in [0.29, 0.717) is 11.5 Å². The fourth-order valence-corrected chi connectivity index (χ4v) is 3.53.